The Morgan fingerprint density at radius 1 is 1.19 bits per heavy atom. The van der Waals surface area contributed by atoms with Gasteiger partial charge in [-0.3, -0.25) is 4.90 Å². The lowest BCUT2D eigenvalue weighted by molar-refractivity contribution is 0.143. The zero-order valence-electron chi connectivity index (χ0n) is 17.4. The molecule has 1 amide bonds. The van der Waals surface area contributed by atoms with Crippen LogP contribution in [0.2, 0.25) is 0 Å². The molecule has 0 radical (unpaired) electrons. The number of carbonyl (C=O) groups excluding carboxylic acids is 1. The SMILES string of the molecule is CCC(=S)NCC1CN(c2cc(F)c(N3CCN(S(=O)(=O)CC)CC3)c(F)c2)C(=O)O1. The quantitative estimate of drug-likeness (QED) is 0.604. The summed E-state index contributed by atoms with van der Waals surface area (Å²) in [7, 11) is -3.34. The Morgan fingerprint density at radius 3 is 2.35 bits per heavy atom. The first-order valence-electron chi connectivity index (χ1n) is 10.1. The molecule has 1 atom stereocenters. The molecular weight excluding hydrogens is 450 g/mol. The van der Waals surface area contributed by atoms with E-state index in [-0.39, 0.29) is 49.9 Å². The zero-order valence-corrected chi connectivity index (χ0v) is 19.1. The molecule has 0 bridgehead atoms. The lowest BCUT2D eigenvalue weighted by Gasteiger charge is -2.35. The molecule has 2 aliphatic rings. The Hall–Kier alpha value is -2.05. The molecule has 1 unspecified atom stereocenters. The Bertz CT molecular complexity index is 929. The Balaban J connectivity index is 1.70. The van der Waals surface area contributed by atoms with Gasteiger partial charge < -0.3 is 15.0 Å². The molecule has 0 saturated carbocycles. The molecular formula is C19H26F2N4O4S2. The third kappa shape index (κ3) is 5.24. The molecule has 8 nitrogen and oxygen atoms in total. The summed E-state index contributed by atoms with van der Waals surface area (Å²) >= 11 is 5.08. The van der Waals surface area contributed by atoms with Crippen molar-refractivity contribution < 1.29 is 26.7 Å². The number of nitrogens with zero attached hydrogens (tertiary/aromatic N) is 3. The van der Waals surface area contributed by atoms with Gasteiger partial charge in [-0.1, -0.05) is 19.1 Å². The predicted molar refractivity (Wildman–Crippen MR) is 118 cm³/mol. The molecule has 3 rings (SSSR count). The summed E-state index contributed by atoms with van der Waals surface area (Å²) < 4.78 is 60.2. The van der Waals surface area contributed by atoms with Crippen LogP contribution in [0, 0.1) is 11.6 Å². The van der Waals surface area contributed by atoms with Gasteiger partial charge in [0.25, 0.3) is 0 Å². The first kappa shape index (κ1) is 23.6. The zero-order chi connectivity index (χ0) is 22.8. The van der Waals surface area contributed by atoms with E-state index in [2.05, 4.69) is 5.32 Å². The second kappa shape index (κ2) is 9.61. The Morgan fingerprint density at radius 2 is 1.81 bits per heavy atom. The number of amides is 1. The summed E-state index contributed by atoms with van der Waals surface area (Å²) in [6.07, 6.45) is -0.508. The minimum atomic E-state index is -3.34. The molecule has 1 N–H and O–H groups in total. The van der Waals surface area contributed by atoms with Crippen LogP contribution in [0.15, 0.2) is 12.1 Å². The van der Waals surface area contributed by atoms with E-state index in [0.717, 1.165) is 12.1 Å². The smallest absolute Gasteiger partial charge is 0.414 e. The molecule has 2 aliphatic heterocycles. The van der Waals surface area contributed by atoms with Crippen molar-refractivity contribution in [3.63, 3.8) is 0 Å². The van der Waals surface area contributed by atoms with Crippen molar-refractivity contribution in [3.05, 3.63) is 23.8 Å². The van der Waals surface area contributed by atoms with Gasteiger partial charge >= 0.3 is 6.09 Å². The number of piperazine rings is 1. The maximum Gasteiger partial charge on any atom is 0.414 e. The van der Waals surface area contributed by atoms with Crippen molar-refractivity contribution in [1.82, 2.24) is 9.62 Å². The summed E-state index contributed by atoms with van der Waals surface area (Å²) in [6.45, 7) is 4.58. The van der Waals surface area contributed by atoms with Crippen LogP contribution in [0.3, 0.4) is 0 Å². The number of nitrogens with one attached hydrogen (secondary N) is 1. The third-order valence-corrected chi connectivity index (χ3v) is 7.66. The van der Waals surface area contributed by atoms with Crippen LogP contribution < -0.4 is 15.1 Å². The molecule has 0 aliphatic carbocycles. The topological polar surface area (TPSA) is 82.2 Å². The lowest BCUT2D eigenvalue weighted by atomic mass is 10.2. The van der Waals surface area contributed by atoms with E-state index >= 15 is 0 Å². The number of hydrogen-bond acceptors (Lipinski definition) is 6. The van der Waals surface area contributed by atoms with Gasteiger partial charge in [-0.2, -0.15) is 4.31 Å². The average molecular weight is 477 g/mol. The molecule has 2 saturated heterocycles. The standard InChI is InChI=1S/C19H26F2N4O4S2/c1-3-17(30)22-11-14-12-25(19(26)29-14)13-9-15(20)18(16(21)10-13)23-5-7-24(8-6-23)31(27,28)4-2/h9-10,14H,3-8,11-12H2,1-2H3,(H,22,30). The number of sulfonamides is 1. The van der Waals surface area contributed by atoms with Crippen LogP contribution in [-0.2, 0) is 14.8 Å². The van der Waals surface area contributed by atoms with Gasteiger partial charge in [0.05, 0.1) is 29.5 Å². The summed E-state index contributed by atoms with van der Waals surface area (Å²) in [5, 5.41) is 2.99. The monoisotopic (exact) mass is 476 g/mol. The number of benzene rings is 1. The summed E-state index contributed by atoms with van der Waals surface area (Å²) in [4.78, 5) is 15.5. The van der Waals surface area contributed by atoms with Gasteiger partial charge in [0, 0.05) is 38.3 Å². The van der Waals surface area contributed by atoms with E-state index in [1.54, 1.807) is 6.92 Å². The first-order chi connectivity index (χ1) is 14.7. The normalized spacial score (nSPS) is 20.1. The third-order valence-electron chi connectivity index (χ3n) is 5.35. The molecule has 172 valence electrons. The minimum Gasteiger partial charge on any atom is -0.442 e. The number of ether oxygens (including phenoxy) is 1. The first-order valence-corrected chi connectivity index (χ1v) is 12.1. The Kier molecular flexibility index (Phi) is 7.32. The number of thiocarbonyl (C=S) groups is 1. The van der Waals surface area contributed by atoms with E-state index in [9.17, 15) is 22.0 Å². The highest BCUT2D eigenvalue weighted by atomic mass is 32.2. The second-order valence-corrected chi connectivity index (χ2v) is 10.1. The molecule has 1 aromatic rings. The largest absolute Gasteiger partial charge is 0.442 e. The maximum atomic E-state index is 14.8. The lowest BCUT2D eigenvalue weighted by Crippen LogP contribution is -2.49. The molecule has 2 heterocycles. The van der Waals surface area contributed by atoms with Crippen LogP contribution in [0.5, 0.6) is 0 Å². The fourth-order valence-corrected chi connectivity index (χ4v) is 4.74. The van der Waals surface area contributed by atoms with Crippen LogP contribution in [-0.4, -0.2) is 74.9 Å². The van der Waals surface area contributed by atoms with E-state index in [1.165, 1.54) is 14.1 Å². The average Bonchev–Trinajstić information content (AvgIpc) is 3.12. The molecule has 2 fully saturated rings. The number of anilines is 2. The van der Waals surface area contributed by atoms with Crippen molar-refractivity contribution in [3.8, 4) is 0 Å². The number of rotatable bonds is 7. The van der Waals surface area contributed by atoms with Crippen molar-refractivity contribution in [1.29, 1.82) is 0 Å². The number of halogens is 2. The minimum absolute atomic E-state index is 0.0168. The fourth-order valence-electron chi connectivity index (χ4n) is 3.57. The summed E-state index contributed by atoms with van der Waals surface area (Å²) in [5.74, 6) is -1.65. The van der Waals surface area contributed by atoms with Crippen molar-refractivity contribution >= 4 is 44.7 Å². The van der Waals surface area contributed by atoms with Gasteiger partial charge in [-0.05, 0) is 13.3 Å². The second-order valence-electron chi connectivity index (χ2n) is 7.32. The highest BCUT2D eigenvalue weighted by Gasteiger charge is 2.34. The van der Waals surface area contributed by atoms with E-state index in [1.807, 2.05) is 6.92 Å². The number of cyclic esters (lactones) is 1. The van der Waals surface area contributed by atoms with E-state index < -0.39 is 33.9 Å². The molecule has 1 aromatic carbocycles. The number of carbonyl (C=O) groups is 1. The van der Waals surface area contributed by atoms with Crippen molar-refractivity contribution in [2.75, 3.05) is 54.8 Å². The van der Waals surface area contributed by atoms with Crippen molar-refractivity contribution in [2.24, 2.45) is 0 Å². The fraction of sp³-hybridized carbons (Fsp3) is 0.579. The summed E-state index contributed by atoms with van der Waals surface area (Å²) in [5.41, 5.74) is -0.159. The van der Waals surface area contributed by atoms with Gasteiger partial charge in [-0.25, -0.2) is 22.0 Å². The van der Waals surface area contributed by atoms with Gasteiger partial charge in [0.2, 0.25) is 10.0 Å². The van der Waals surface area contributed by atoms with E-state index in [0.29, 0.717) is 18.0 Å². The van der Waals surface area contributed by atoms with E-state index in [4.69, 9.17) is 17.0 Å². The van der Waals surface area contributed by atoms with Gasteiger partial charge in [-0.15, -0.1) is 0 Å². The number of hydrogen-bond donors (Lipinski definition) is 1. The molecule has 0 spiro atoms. The van der Waals surface area contributed by atoms with Crippen LogP contribution in [0.1, 0.15) is 20.3 Å². The summed E-state index contributed by atoms with van der Waals surface area (Å²) in [6, 6.07) is 2.20. The van der Waals surface area contributed by atoms with Crippen LogP contribution in [0.25, 0.3) is 0 Å². The predicted octanol–water partition coefficient (Wildman–Crippen LogP) is 2.09. The highest BCUT2D eigenvalue weighted by molar-refractivity contribution is 7.89. The van der Waals surface area contributed by atoms with Crippen LogP contribution in [0.4, 0.5) is 25.0 Å². The van der Waals surface area contributed by atoms with Crippen LogP contribution >= 0.6 is 12.2 Å². The molecule has 31 heavy (non-hydrogen) atoms. The van der Waals surface area contributed by atoms with Gasteiger partial charge in [0.15, 0.2) is 11.6 Å². The van der Waals surface area contributed by atoms with Gasteiger partial charge in [0.1, 0.15) is 11.8 Å². The Labute approximate surface area is 186 Å². The highest BCUT2D eigenvalue weighted by Crippen LogP contribution is 2.31. The van der Waals surface area contributed by atoms with Crippen molar-refractivity contribution in [2.45, 2.75) is 26.4 Å². The molecule has 0 aromatic heterocycles. The maximum absolute atomic E-state index is 14.8. The molecule has 12 heteroatoms.